The molecule has 1 aliphatic carbocycles. The summed E-state index contributed by atoms with van der Waals surface area (Å²) in [5.41, 5.74) is 2.20. The van der Waals surface area contributed by atoms with Gasteiger partial charge in [0.05, 0.1) is 11.0 Å². The molecule has 0 unspecified atom stereocenters. The van der Waals surface area contributed by atoms with E-state index >= 15 is 0 Å². The Morgan fingerprint density at radius 3 is 3.06 bits per heavy atom. The zero-order valence-corrected chi connectivity index (χ0v) is 9.21. The molecule has 5 heteroatoms. The van der Waals surface area contributed by atoms with E-state index in [0.29, 0.717) is 16.9 Å². The summed E-state index contributed by atoms with van der Waals surface area (Å²) in [4.78, 5) is 18.7. The lowest BCUT2D eigenvalue weighted by Gasteiger charge is -2.02. The van der Waals surface area contributed by atoms with Crippen LogP contribution in [0.1, 0.15) is 23.2 Å². The quantitative estimate of drug-likeness (QED) is 0.838. The van der Waals surface area contributed by atoms with Gasteiger partial charge in [0.15, 0.2) is 0 Å². The molecule has 0 radical (unpaired) electrons. The maximum absolute atomic E-state index is 11.8. The smallest absolute Gasteiger partial charge is 0.251 e. The number of hydrogen-bond acceptors (Lipinski definition) is 2. The average molecular weight is 236 g/mol. The van der Waals surface area contributed by atoms with E-state index in [4.69, 9.17) is 11.6 Å². The van der Waals surface area contributed by atoms with E-state index in [1.165, 1.54) is 0 Å². The fourth-order valence-electron chi connectivity index (χ4n) is 1.62. The standard InChI is InChI=1S/C11H10ClN3O/c12-11-14-8-4-1-6(5-9(8)15-11)10(16)13-7-2-3-7/h1,4-5,7H,2-3H2,(H,13,16)(H,14,15). The molecule has 1 aliphatic rings. The summed E-state index contributed by atoms with van der Waals surface area (Å²) >= 11 is 5.74. The molecule has 3 rings (SSSR count). The van der Waals surface area contributed by atoms with Crippen LogP contribution in [0.3, 0.4) is 0 Å². The van der Waals surface area contributed by atoms with Crippen molar-refractivity contribution in [2.24, 2.45) is 0 Å². The number of aromatic nitrogens is 2. The molecule has 1 aromatic heterocycles. The van der Waals surface area contributed by atoms with Crippen molar-refractivity contribution in [3.8, 4) is 0 Å². The highest BCUT2D eigenvalue weighted by atomic mass is 35.5. The third-order valence-electron chi connectivity index (χ3n) is 2.63. The van der Waals surface area contributed by atoms with Gasteiger partial charge in [-0.05, 0) is 42.6 Å². The number of nitrogens with zero attached hydrogens (tertiary/aromatic N) is 1. The van der Waals surface area contributed by atoms with Gasteiger partial charge in [0.25, 0.3) is 5.91 Å². The number of imidazole rings is 1. The number of carbonyl (C=O) groups is 1. The lowest BCUT2D eigenvalue weighted by molar-refractivity contribution is 0.0951. The van der Waals surface area contributed by atoms with Crippen molar-refractivity contribution >= 4 is 28.5 Å². The third-order valence-corrected chi connectivity index (χ3v) is 2.81. The summed E-state index contributed by atoms with van der Waals surface area (Å²) in [7, 11) is 0. The Kier molecular flexibility index (Phi) is 2.11. The number of rotatable bonds is 2. The van der Waals surface area contributed by atoms with Gasteiger partial charge >= 0.3 is 0 Å². The molecule has 1 amide bonds. The lowest BCUT2D eigenvalue weighted by atomic mass is 10.2. The number of halogens is 1. The highest BCUT2D eigenvalue weighted by Crippen LogP contribution is 2.20. The molecule has 2 aromatic rings. The molecule has 0 spiro atoms. The van der Waals surface area contributed by atoms with Crippen LogP contribution in [-0.2, 0) is 0 Å². The van der Waals surface area contributed by atoms with Crippen LogP contribution in [-0.4, -0.2) is 21.9 Å². The molecule has 1 aromatic carbocycles. The molecule has 4 nitrogen and oxygen atoms in total. The minimum atomic E-state index is -0.0323. The second-order valence-electron chi connectivity index (χ2n) is 4.01. The molecule has 1 saturated carbocycles. The lowest BCUT2D eigenvalue weighted by Crippen LogP contribution is -2.25. The maximum Gasteiger partial charge on any atom is 0.251 e. The first-order valence-corrected chi connectivity index (χ1v) is 5.56. The van der Waals surface area contributed by atoms with Crippen LogP contribution >= 0.6 is 11.6 Å². The fourth-order valence-corrected chi connectivity index (χ4v) is 1.81. The third kappa shape index (κ3) is 1.76. The van der Waals surface area contributed by atoms with Crippen molar-refractivity contribution in [1.82, 2.24) is 15.3 Å². The second-order valence-corrected chi connectivity index (χ2v) is 4.37. The van der Waals surface area contributed by atoms with E-state index in [1.54, 1.807) is 18.2 Å². The number of nitrogens with one attached hydrogen (secondary N) is 2. The normalized spacial score (nSPS) is 15.3. The molecule has 16 heavy (non-hydrogen) atoms. The number of benzene rings is 1. The van der Waals surface area contributed by atoms with Crippen molar-refractivity contribution < 1.29 is 4.79 Å². The summed E-state index contributed by atoms with van der Waals surface area (Å²) < 4.78 is 0. The van der Waals surface area contributed by atoms with Gasteiger partial charge in [0.1, 0.15) is 0 Å². The van der Waals surface area contributed by atoms with E-state index in [-0.39, 0.29) is 5.91 Å². The van der Waals surface area contributed by atoms with Crippen LogP contribution < -0.4 is 5.32 Å². The van der Waals surface area contributed by atoms with Crippen LogP contribution in [0.15, 0.2) is 18.2 Å². The number of fused-ring (bicyclic) bond motifs is 1. The van der Waals surface area contributed by atoms with Gasteiger partial charge < -0.3 is 10.3 Å². The van der Waals surface area contributed by atoms with Gasteiger partial charge in [0, 0.05) is 11.6 Å². The monoisotopic (exact) mass is 235 g/mol. The predicted molar refractivity (Wildman–Crippen MR) is 61.6 cm³/mol. The molecule has 2 N–H and O–H groups in total. The Morgan fingerprint density at radius 2 is 2.31 bits per heavy atom. The summed E-state index contributed by atoms with van der Waals surface area (Å²) in [6.45, 7) is 0. The topological polar surface area (TPSA) is 57.8 Å². The summed E-state index contributed by atoms with van der Waals surface area (Å²) in [6, 6.07) is 5.69. The Hall–Kier alpha value is -1.55. The van der Waals surface area contributed by atoms with Crippen molar-refractivity contribution in [2.75, 3.05) is 0 Å². The molecular formula is C11H10ClN3O. The van der Waals surface area contributed by atoms with Gasteiger partial charge in [-0.15, -0.1) is 0 Å². The zero-order valence-electron chi connectivity index (χ0n) is 8.46. The van der Waals surface area contributed by atoms with E-state index in [2.05, 4.69) is 15.3 Å². The summed E-state index contributed by atoms with van der Waals surface area (Å²) in [5.74, 6) is -0.0323. The first-order chi connectivity index (χ1) is 7.72. The highest BCUT2D eigenvalue weighted by molar-refractivity contribution is 6.29. The van der Waals surface area contributed by atoms with Crippen LogP contribution in [0, 0.1) is 0 Å². The van der Waals surface area contributed by atoms with E-state index in [9.17, 15) is 4.79 Å². The highest BCUT2D eigenvalue weighted by Gasteiger charge is 2.23. The first kappa shape index (κ1) is 9.66. The summed E-state index contributed by atoms with van der Waals surface area (Å²) in [5, 5.41) is 3.28. The molecule has 0 aliphatic heterocycles. The van der Waals surface area contributed by atoms with Crippen molar-refractivity contribution in [3.05, 3.63) is 29.0 Å². The second kappa shape index (κ2) is 3.49. The van der Waals surface area contributed by atoms with Gasteiger partial charge in [-0.25, -0.2) is 4.98 Å². The molecular weight excluding hydrogens is 226 g/mol. The van der Waals surface area contributed by atoms with Crippen molar-refractivity contribution in [1.29, 1.82) is 0 Å². The van der Waals surface area contributed by atoms with E-state index in [0.717, 1.165) is 23.9 Å². The SMILES string of the molecule is O=C(NC1CC1)c1ccc2nc(Cl)[nH]c2c1. The Bertz CT molecular complexity index is 559. The first-order valence-electron chi connectivity index (χ1n) is 5.18. The number of carbonyl (C=O) groups excluding carboxylic acids is 1. The fraction of sp³-hybridized carbons (Fsp3) is 0.273. The van der Waals surface area contributed by atoms with E-state index < -0.39 is 0 Å². The molecule has 0 bridgehead atoms. The minimum Gasteiger partial charge on any atom is -0.349 e. The minimum absolute atomic E-state index is 0.0323. The van der Waals surface area contributed by atoms with Crippen molar-refractivity contribution in [2.45, 2.75) is 18.9 Å². The largest absolute Gasteiger partial charge is 0.349 e. The Morgan fingerprint density at radius 1 is 1.50 bits per heavy atom. The summed E-state index contributed by atoms with van der Waals surface area (Å²) in [6.07, 6.45) is 2.17. The van der Waals surface area contributed by atoms with Gasteiger partial charge in [0.2, 0.25) is 5.28 Å². The van der Waals surface area contributed by atoms with Crippen LogP contribution in [0.25, 0.3) is 11.0 Å². The van der Waals surface area contributed by atoms with Crippen LogP contribution in [0.5, 0.6) is 0 Å². The molecule has 82 valence electrons. The zero-order chi connectivity index (χ0) is 11.1. The van der Waals surface area contributed by atoms with Gasteiger partial charge in [-0.3, -0.25) is 4.79 Å². The molecule has 0 atom stereocenters. The number of aromatic amines is 1. The average Bonchev–Trinajstić information content (AvgIpc) is 2.96. The molecule has 0 saturated heterocycles. The number of hydrogen-bond donors (Lipinski definition) is 2. The van der Waals surface area contributed by atoms with Gasteiger partial charge in [-0.1, -0.05) is 0 Å². The Balaban J connectivity index is 1.93. The Labute approximate surface area is 97.0 Å². The maximum atomic E-state index is 11.8. The van der Waals surface area contributed by atoms with E-state index in [1.807, 2.05) is 0 Å². The number of H-pyrrole nitrogens is 1. The van der Waals surface area contributed by atoms with Crippen LogP contribution in [0.4, 0.5) is 0 Å². The molecule has 1 fully saturated rings. The van der Waals surface area contributed by atoms with Gasteiger partial charge in [-0.2, -0.15) is 0 Å². The van der Waals surface area contributed by atoms with Crippen molar-refractivity contribution in [3.63, 3.8) is 0 Å². The predicted octanol–water partition coefficient (Wildman–Crippen LogP) is 2.11. The van der Waals surface area contributed by atoms with Crippen LogP contribution in [0.2, 0.25) is 5.28 Å². The molecule has 1 heterocycles. The number of amides is 1.